The maximum absolute atomic E-state index is 12.1. The van der Waals surface area contributed by atoms with Gasteiger partial charge in [0.25, 0.3) is 5.91 Å². The van der Waals surface area contributed by atoms with Crippen LogP contribution >= 0.6 is 11.8 Å². The fraction of sp³-hybridized carbons (Fsp3) is 0.250. The first-order valence-corrected chi connectivity index (χ1v) is 6.68. The summed E-state index contributed by atoms with van der Waals surface area (Å²) in [5.41, 5.74) is 1.19. The molecule has 1 atom stereocenters. The van der Waals surface area contributed by atoms with Gasteiger partial charge in [0.1, 0.15) is 11.1 Å². The molecule has 20 heavy (non-hydrogen) atoms. The molecule has 0 radical (unpaired) electrons. The molecule has 2 aliphatic rings. The Morgan fingerprint density at radius 2 is 2.35 bits per heavy atom. The van der Waals surface area contributed by atoms with Crippen LogP contribution in [0.1, 0.15) is 5.56 Å². The summed E-state index contributed by atoms with van der Waals surface area (Å²) in [6.45, 7) is -0.382. The average molecular weight is 293 g/mol. The third-order valence-electron chi connectivity index (χ3n) is 3.12. The van der Waals surface area contributed by atoms with E-state index in [4.69, 9.17) is 5.11 Å². The summed E-state index contributed by atoms with van der Waals surface area (Å²) in [6, 6.07) is 0. The quantitative estimate of drug-likeness (QED) is 0.602. The number of fused-ring (bicyclic) bond motifs is 1. The number of hydrogen-bond acceptors (Lipinski definition) is 5. The van der Waals surface area contributed by atoms with Crippen LogP contribution in [0.4, 0.5) is 0 Å². The van der Waals surface area contributed by atoms with E-state index in [0.29, 0.717) is 10.5 Å². The molecule has 0 unspecified atom stereocenters. The normalized spacial score (nSPS) is 23.3. The Labute approximate surface area is 118 Å². The van der Waals surface area contributed by atoms with Gasteiger partial charge in [0.2, 0.25) is 0 Å². The molecule has 1 aromatic rings. The summed E-state index contributed by atoms with van der Waals surface area (Å²) in [4.78, 5) is 24.8. The van der Waals surface area contributed by atoms with E-state index in [1.165, 1.54) is 16.7 Å². The summed E-state index contributed by atoms with van der Waals surface area (Å²) in [7, 11) is 1.77. The molecule has 0 bridgehead atoms. The van der Waals surface area contributed by atoms with E-state index < -0.39 is 5.97 Å². The number of aliphatic hydroxyl groups is 1. The zero-order valence-electron chi connectivity index (χ0n) is 10.5. The predicted octanol–water partition coefficient (Wildman–Crippen LogP) is 0.00710. The fourth-order valence-electron chi connectivity index (χ4n) is 2.25. The number of thioether (sulfide) groups is 1. The zero-order valence-corrected chi connectivity index (χ0v) is 11.3. The molecular weight excluding hydrogens is 282 g/mol. The van der Waals surface area contributed by atoms with Crippen LogP contribution in [0.15, 0.2) is 28.6 Å². The Bertz CT molecular complexity index is 676. The number of β-lactam (4-membered cyclic amide) rings is 1. The van der Waals surface area contributed by atoms with Crippen LogP contribution in [0.2, 0.25) is 0 Å². The van der Waals surface area contributed by atoms with Gasteiger partial charge >= 0.3 is 5.97 Å². The number of hydrogen-bond donors (Lipinski definition) is 2. The second kappa shape index (κ2) is 4.50. The molecule has 0 spiro atoms. The third-order valence-corrected chi connectivity index (χ3v) is 4.41. The number of amides is 1. The molecule has 104 valence electrons. The van der Waals surface area contributed by atoms with Crippen molar-refractivity contribution in [1.82, 2.24) is 14.7 Å². The molecule has 1 amide bonds. The number of aromatic nitrogens is 2. The molecule has 1 aromatic heterocycles. The van der Waals surface area contributed by atoms with Gasteiger partial charge in [-0.05, 0) is 6.08 Å². The minimum Gasteiger partial charge on any atom is -0.477 e. The number of carbonyl (C=O) groups excluding carboxylic acids is 1. The highest BCUT2D eigenvalue weighted by molar-refractivity contribution is 8.04. The van der Waals surface area contributed by atoms with Gasteiger partial charge in [-0.3, -0.25) is 14.4 Å². The lowest BCUT2D eigenvalue weighted by molar-refractivity contribution is -0.141. The Morgan fingerprint density at radius 3 is 2.90 bits per heavy atom. The van der Waals surface area contributed by atoms with E-state index in [9.17, 15) is 14.7 Å². The molecule has 2 N–H and O–H groups in total. The van der Waals surface area contributed by atoms with Crippen molar-refractivity contribution in [2.24, 2.45) is 7.05 Å². The first kappa shape index (κ1) is 12.9. The minimum atomic E-state index is -1.20. The topological polar surface area (TPSA) is 95.7 Å². The van der Waals surface area contributed by atoms with Crippen molar-refractivity contribution in [3.63, 3.8) is 0 Å². The average Bonchev–Trinajstić information content (AvgIpc) is 2.97. The smallest absolute Gasteiger partial charge is 0.353 e. The van der Waals surface area contributed by atoms with Gasteiger partial charge in [0, 0.05) is 23.7 Å². The van der Waals surface area contributed by atoms with E-state index in [0.717, 1.165) is 5.56 Å². The monoisotopic (exact) mass is 293 g/mol. The number of carbonyl (C=O) groups is 2. The molecule has 3 heterocycles. The highest BCUT2D eigenvalue weighted by Gasteiger charge is 2.52. The Balaban J connectivity index is 1.91. The summed E-state index contributed by atoms with van der Waals surface area (Å²) in [6.07, 6.45) is 5.09. The van der Waals surface area contributed by atoms with Crippen molar-refractivity contribution in [3.8, 4) is 0 Å². The van der Waals surface area contributed by atoms with Gasteiger partial charge in [-0.1, -0.05) is 11.8 Å². The van der Waals surface area contributed by atoms with Crippen LogP contribution < -0.4 is 0 Å². The van der Waals surface area contributed by atoms with E-state index >= 15 is 0 Å². The van der Waals surface area contributed by atoms with Gasteiger partial charge in [-0.2, -0.15) is 5.10 Å². The first-order valence-electron chi connectivity index (χ1n) is 5.80. The molecule has 3 rings (SSSR count). The summed E-state index contributed by atoms with van der Waals surface area (Å²) in [5.74, 6) is -1.54. The van der Waals surface area contributed by atoms with Crippen LogP contribution in [0.5, 0.6) is 0 Å². The van der Waals surface area contributed by atoms with Gasteiger partial charge < -0.3 is 10.2 Å². The second-order valence-electron chi connectivity index (χ2n) is 4.43. The van der Waals surface area contributed by atoms with E-state index in [2.05, 4.69) is 5.10 Å². The van der Waals surface area contributed by atoms with Crippen molar-refractivity contribution in [1.29, 1.82) is 0 Å². The number of nitrogens with zero attached hydrogens (tertiary/aromatic N) is 3. The lowest BCUT2D eigenvalue weighted by Crippen LogP contribution is -2.51. The summed E-state index contributed by atoms with van der Waals surface area (Å²) in [5, 5.41) is 22.0. The van der Waals surface area contributed by atoms with Gasteiger partial charge in [-0.25, -0.2) is 4.79 Å². The number of aryl methyl sites for hydroxylation is 1. The van der Waals surface area contributed by atoms with Crippen molar-refractivity contribution < 1.29 is 19.8 Å². The minimum absolute atomic E-state index is 0.115. The van der Waals surface area contributed by atoms with Crippen molar-refractivity contribution in [3.05, 3.63) is 34.1 Å². The zero-order chi connectivity index (χ0) is 14.4. The summed E-state index contributed by atoms with van der Waals surface area (Å²) < 4.78 is 1.62. The molecule has 0 aromatic carbocycles. The van der Waals surface area contributed by atoms with Gasteiger partial charge in [0.15, 0.2) is 0 Å². The van der Waals surface area contributed by atoms with Crippen LogP contribution in [0.3, 0.4) is 0 Å². The maximum Gasteiger partial charge on any atom is 0.353 e. The number of aliphatic carboxylic acids is 1. The number of carboxylic acids is 1. The molecule has 0 saturated carbocycles. The Hall–Kier alpha value is -2.06. The van der Waals surface area contributed by atoms with Crippen molar-refractivity contribution in [2.75, 3.05) is 6.61 Å². The maximum atomic E-state index is 12.1. The standard InChI is InChI=1S/C12H11N3O4S/c1-14-4-6(3-13-14)2-7-10(17)15-9(12(18)19)8(5-16)20-11(7)15/h2-4,11,16H,5H2,1H3,(H,18,19)/b7-2-/t11-/m1/s1. The molecule has 0 aliphatic carbocycles. The second-order valence-corrected chi connectivity index (χ2v) is 5.60. The lowest BCUT2D eigenvalue weighted by atomic mass is 10.0. The van der Waals surface area contributed by atoms with Crippen LogP contribution in [-0.2, 0) is 16.6 Å². The summed E-state index contributed by atoms with van der Waals surface area (Å²) >= 11 is 1.19. The molecule has 7 nitrogen and oxygen atoms in total. The first-order chi connectivity index (χ1) is 9.52. The van der Waals surface area contributed by atoms with E-state index in [1.807, 2.05) is 0 Å². The van der Waals surface area contributed by atoms with Gasteiger partial charge in [-0.15, -0.1) is 0 Å². The largest absolute Gasteiger partial charge is 0.477 e. The predicted molar refractivity (Wildman–Crippen MR) is 71.2 cm³/mol. The van der Waals surface area contributed by atoms with Crippen molar-refractivity contribution >= 4 is 29.7 Å². The van der Waals surface area contributed by atoms with E-state index in [1.54, 1.807) is 30.2 Å². The fourth-order valence-corrected chi connectivity index (χ4v) is 3.49. The number of aliphatic hydroxyl groups excluding tert-OH is 1. The lowest BCUT2D eigenvalue weighted by Gasteiger charge is -2.36. The van der Waals surface area contributed by atoms with Crippen LogP contribution in [0.25, 0.3) is 6.08 Å². The van der Waals surface area contributed by atoms with Crippen LogP contribution in [0, 0.1) is 0 Å². The SMILES string of the molecule is Cn1cc(/C=C2/C(=O)N3C(C(=O)O)=C(CO)S[C@H]23)cn1. The van der Waals surface area contributed by atoms with Crippen molar-refractivity contribution in [2.45, 2.75) is 5.37 Å². The Kier molecular flexibility index (Phi) is 2.91. The van der Waals surface area contributed by atoms with E-state index in [-0.39, 0.29) is 23.6 Å². The molecule has 2 aliphatic heterocycles. The van der Waals surface area contributed by atoms with Crippen LogP contribution in [-0.4, -0.2) is 48.8 Å². The third kappa shape index (κ3) is 1.76. The molecular formula is C12H11N3O4S. The van der Waals surface area contributed by atoms with Gasteiger partial charge in [0.05, 0.1) is 18.4 Å². The highest BCUT2D eigenvalue weighted by atomic mass is 32.2. The highest BCUT2D eigenvalue weighted by Crippen LogP contribution is 2.49. The number of rotatable bonds is 3. The number of carboxylic acid groups (broad SMARTS) is 1. The Morgan fingerprint density at radius 1 is 1.60 bits per heavy atom. The molecule has 1 fully saturated rings. The molecule has 1 saturated heterocycles. The molecule has 8 heteroatoms.